The predicted octanol–water partition coefficient (Wildman–Crippen LogP) is 3.25. The summed E-state index contributed by atoms with van der Waals surface area (Å²) in [6.07, 6.45) is 4.63. The number of nitrogens with zero attached hydrogens (tertiary/aromatic N) is 3. The third kappa shape index (κ3) is 5.51. The number of benzene rings is 1. The highest BCUT2D eigenvalue weighted by molar-refractivity contribution is 8.17. The Balaban J connectivity index is 1.28. The molecule has 0 aliphatic carbocycles. The highest BCUT2D eigenvalue weighted by Crippen LogP contribution is 2.28. The number of carbonyl (C=O) groups is 1. The second-order valence-corrected chi connectivity index (χ2v) is 8.94. The van der Waals surface area contributed by atoms with Crippen LogP contribution in [0.15, 0.2) is 41.4 Å². The first-order chi connectivity index (χ1) is 14.6. The number of hydrogen-bond acceptors (Lipinski definition) is 7. The van der Waals surface area contributed by atoms with E-state index in [1.54, 1.807) is 18.3 Å². The molecule has 2 fully saturated rings. The molecule has 0 bridgehead atoms. The molecular formula is C21H24ClN5O2S. The SMILES string of the molecule is O=C1NC(O)/C(=C/c2ccnc(N3CCC(CNCc4cccc(Cl)c4)CC3)n2)S1. The van der Waals surface area contributed by atoms with Crippen LogP contribution in [0.1, 0.15) is 24.1 Å². The Labute approximate surface area is 184 Å². The summed E-state index contributed by atoms with van der Waals surface area (Å²) < 4.78 is 0. The molecule has 1 unspecified atom stereocenters. The zero-order valence-electron chi connectivity index (χ0n) is 16.4. The van der Waals surface area contributed by atoms with Crippen molar-refractivity contribution in [3.63, 3.8) is 0 Å². The van der Waals surface area contributed by atoms with Gasteiger partial charge in [-0.2, -0.15) is 0 Å². The fraction of sp³-hybridized carbons (Fsp3) is 0.381. The predicted molar refractivity (Wildman–Crippen MR) is 120 cm³/mol. The Morgan fingerprint density at radius 3 is 2.90 bits per heavy atom. The van der Waals surface area contributed by atoms with E-state index in [2.05, 4.69) is 31.6 Å². The summed E-state index contributed by atoms with van der Waals surface area (Å²) in [5, 5.41) is 16.3. The van der Waals surface area contributed by atoms with E-state index in [0.29, 0.717) is 22.5 Å². The number of thioether (sulfide) groups is 1. The average Bonchev–Trinajstić information content (AvgIpc) is 3.05. The highest BCUT2D eigenvalue weighted by Gasteiger charge is 2.26. The van der Waals surface area contributed by atoms with E-state index in [0.717, 1.165) is 55.8 Å². The number of halogens is 1. The number of aliphatic hydroxyl groups is 1. The van der Waals surface area contributed by atoms with Gasteiger partial charge in [0.25, 0.3) is 5.24 Å². The lowest BCUT2D eigenvalue weighted by Crippen LogP contribution is -2.38. The third-order valence-electron chi connectivity index (χ3n) is 5.24. The van der Waals surface area contributed by atoms with Gasteiger partial charge in [0, 0.05) is 35.8 Å². The number of aromatic nitrogens is 2. The van der Waals surface area contributed by atoms with Crippen molar-refractivity contribution >= 4 is 40.6 Å². The monoisotopic (exact) mass is 445 g/mol. The van der Waals surface area contributed by atoms with Crippen molar-refractivity contribution in [2.75, 3.05) is 24.5 Å². The fourth-order valence-electron chi connectivity index (χ4n) is 3.63. The Hall–Kier alpha value is -2.13. The van der Waals surface area contributed by atoms with Crippen LogP contribution in [0.4, 0.5) is 10.7 Å². The van der Waals surface area contributed by atoms with Crippen molar-refractivity contribution in [3.05, 3.63) is 57.7 Å². The molecule has 2 aliphatic rings. The van der Waals surface area contributed by atoms with Crippen LogP contribution < -0.4 is 15.5 Å². The van der Waals surface area contributed by atoms with Gasteiger partial charge in [0.1, 0.15) is 0 Å². The van der Waals surface area contributed by atoms with Crippen molar-refractivity contribution < 1.29 is 9.90 Å². The normalized spacial score (nSPS) is 21.3. The number of rotatable bonds is 6. The molecule has 2 saturated heterocycles. The lowest BCUT2D eigenvalue weighted by atomic mass is 9.97. The molecule has 1 aromatic heterocycles. The summed E-state index contributed by atoms with van der Waals surface area (Å²) in [5.74, 6) is 1.30. The minimum absolute atomic E-state index is 0.255. The quantitative estimate of drug-likeness (QED) is 0.628. The van der Waals surface area contributed by atoms with Gasteiger partial charge >= 0.3 is 0 Å². The van der Waals surface area contributed by atoms with Gasteiger partial charge in [0.05, 0.1) is 5.69 Å². The molecule has 0 radical (unpaired) electrons. The van der Waals surface area contributed by atoms with Crippen LogP contribution in [0.2, 0.25) is 5.02 Å². The summed E-state index contributed by atoms with van der Waals surface area (Å²) in [7, 11) is 0. The zero-order chi connectivity index (χ0) is 20.9. The molecule has 1 aromatic carbocycles. The van der Waals surface area contributed by atoms with E-state index < -0.39 is 6.23 Å². The minimum atomic E-state index is -0.962. The van der Waals surface area contributed by atoms with E-state index in [1.165, 1.54) is 5.56 Å². The van der Waals surface area contributed by atoms with Crippen molar-refractivity contribution in [1.82, 2.24) is 20.6 Å². The number of amides is 1. The minimum Gasteiger partial charge on any atom is -0.369 e. The standard InChI is InChI=1S/C21H24ClN5O2S/c22-16-3-1-2-15(10-16)13-23-12-14-5-8-27(9-6-14)20-24-7-4-17(25-20)11-18-19(28)26-21(29)30-18/h1-4,7,10-11,14,19,23,28H,5-6,8-9,12-13H2,(H,26,29)/b18-11-. The first-order valence-electron chi connectivity index (χ1n) is 9.98. The molecule has 0 spiro atoms. The van der Waals surface area contributed by atoms with Crippen molar-refractivity contribution in [3.8, 4) is 0 Å². The summed E-state index contributed by atoms with van der Waals surface area (Å²) in [5.41, 5.74) is 1.88. The molecule has 3 heterocycles. The van der Waals surface area contributed by atoms with Gasteiger partial charge in [-0.3, -0.25) is 4.79 Å². The molecule has 158 valence electrons. The van der Waals surface area contributed by atoms with Crippen LogP contribution in [0.5, 0.6) is 0 Å². The van der Waals surface area contributed by atoms with Crippen molar-refractivity contribution in [2.45, 2.75) is 25.6 Å². The van der Waals surface area contributed by atoms with Gasteiger partial charge in [-0.05, 0) is 66.9 Å². The van der Waals surface area contributed by atoms with E-state index >= 15 is 0 Å². The lowest BCUT2D eigenvalue weighted by Gasteiger charge is -2.32. The number of aliphatic hydroxyl groups excluding tert-OH is 1. The maximum atomic E-state index is 11.4. The second kappa shape index (κ2) is 9.78. The van der Waals surface area contributed by atoms with Gasteiger partial charge in [-0.1, -0.05) is 23.7 Å². The van der Waals surface area contributed by atoms with Crippen LogP contribution >= 0.6 is 23.4 Å². The van der Waals surface area contributed by atoms with Gasteiger partial charge < -0.3 is 20.6 Å². The van der Waals surface area contributed by atoms with E-state index in [4.69, 9.17) is 11.6 Å². The number of hydrogen-bond donors (Lipinski definition) is 3. The van der Waals surface area contributed by atoms with E-state index in [1.807, 2.05) is 18.2 Å². The molecule has 7 nitrogen and oxygen atoms in total. The summed E-state index contributed by atoms with van der Waals surface area (Å²) in [4.78, 5) is 23.1. The van der Waals surface area contributed by atoms with Crippen molar-refractivity contribution in [1.29, 1.82) is 0 Å². The van der Waals surface area contributed by atoms with E-state index in [-0.39, 0.29) is 5.24 Å². The Morgan fingerprint density at radius 1 is 1.33 bits per heavy atom. The van der Waals surface area contributed by atoms with Gasteiger partial charge in [-0.15, -0.1) is 0 Å². The zero-order valence-corrected chi connectivity index (χ0v) is 18.0. The molecule has 2 aliphatic heterocycles. The molecule has 2 aromatic rings. The molecule has 1 atom stereocenters. The number of nitrogens with one attached hydrogen (secondary N) is 2. The highest BCUT2D eigenvalue weighted by atomic mass is 35.5. The lowest BCUT2D eigenvalue weighted by molar-refractivity contribution is 0.192. The van der Waals surface area contributed by atoms with Crippen LogP contribution in [0.25, 0.3) is 6.08 Å². The smallest absolute Gasteiger partial charge is 0.285 e. The van der Waals surface area contributed by atoms with Gasteiger partial charge in [0.15, 0.2) is 6.23 Å². The summed E-state index contributed by atoms with van der Waals surface area (Å²) in [6.45, 7) is 3.60. The van der Waals surface area contributed by atoms with Gasteiger partial charge in [-0.25, -0.2) is 9.97 Å². The molecule has 9 heteroatoms. The van der Waals surface area contributed by atoms with Crippen LogP contribution in [-0.4, -0.2) is 46.2 Å². The molecule has 30 heavy (non-hydrogen) atoms. The molecule has 0 saturated carbocycles. The number of carbonyl (C=O) groups excluding carboxylic acids is 1. The molecular weight excluding hydrogens is 422 g/mol. The largest absolute Gasteiger partial charge is 0.369 e. The third-order valence-corrected chi connectivity index (χ3v) is 6.35. The van der Waals surface area contributed by atoms with Crippen LogP contribution in [-0.2, 0) is 6.54 Å². The summed E-state index contributed by atoms with van der Waals surface area (Å²) in [6, 6.07) is 9.71. The molecule has 3 N–H and O–H groups in total. The van der Waals surface area contributed by atoms with Crippen LogP contribution in [0.3, 0.4) is 0 Å². The first kappa shape index (κ1) is 21.1. The second-order valence-electron chi connectivity index (χ2n) is 7.46. The fourth-order valence-corrected chi connectivity index (χ4v) is 4.58. The Kier molecular flexibility index (Phi) is 6.89. The molecule has 1 amide bonds. The number of piperidine rings is 1. The first-order valence-corrected chi connectivity index (χ1v) is 11.2. The topological polar surface area (TPSA) is 90.4 Å². The maximum absolute atomic E-state index is 11.4. The summed E-state index contributed by atoms with van der Waals surface area (Å²) >= 11 is 7.03. The Morgan fingerprint density at radius 2 is 2.17 bits per heavy atom. The number of anilines is 1. The molecule has 4 rings (SSSR count). The van der Waals surface area contributed by atoms with Crippen LogP contribution in [0, 0.1) is 5.92 Å². The average molecular weight is 446 g/mol. The van der Waals surface area contributed by atoms with E-state index in [9.17, 15) is 9.90 Å². The maximum Gasteiger partial charge on any atom is 0.285 e. The van der Waals surface area contributed by atoms with Crippen molar-refractivity contribution in [2.24, 2.45) is 5.92 Å². The Bertz CT molecular complexity index is 933. The van der Waals surface area contributed by atoms with Gasteiger partial charge in [0.2, 0.25) is 5.95 Å².